The summed E-state index contributed by atoms with van der Waals surface area (Å²) in [5.74, 6) is -16.0. The molecule has 5 saturated heterocycles. The Kier molecular flexibility index (Phi) is 12.7. The molecule has 9 aliphatic rings. The number of benzene rings is 1. The lowest BCUT2D eigenvalue weighted by Crippen LogP contribution is -2.63. The van der Waals surface area contributed by atoms with Gasteiger partial charge in [-0.05, 0) is 31.2 Å². The maximum atomic E-state index is 16.6. The van der Waals surface area contributed by atoms with Crippen LogP contribution in [0.4, 0.5) is 65.9 Å². The van der Waals surface area contributed by atoms with Gasteiger partial charge in [-0.15, -0.1) is 0 Å². The highest BCUT2D eigenvalue weighted by Crippen LogP contribution is 2.51. The van der Waals surface area contributed by atoms with Gasteiger partial charge < -0.3 is 9.47 Å². The summed E-state index contributed by atoms with van der Waals surface area (Å²) in [5.41, 5.74) is 0.0281. The Labute approximate surface area is 372 Å². The topological polar surface area (TPSA) is 132 Å². The van der Waals surface area contributed by atoms with Crippen molar-refractivity contribution in [2.75, 3.05) is 6.61 Å². The van der Waals surface area contributed by atoms with Crippen LogP contribution >= 0.6 is 0 Å². The molecule has 8 N–H and O–H groups in total. The molecule has 32 atom stereocenters. The molecule has 4 aliphatic carbocycles. The average Bonchev–Trinajstić information content (AvgIpc) is 4.06. The maximum absolute atomic E-state index is 16.6. The van der Waals surface area contributed by atoms with Gasteiger partial charge in [0.25, 0.3) is 0 Å². The molecular formula is C41H49F15N8O3. The normalized spacial score (nSPS) is 56.9. The molecule has 4 saturated carbocycles. The predicted molar refractivity (Wildman–Crippen MR) is 204 cm³/mol. The minimum absolute atomic E-state index is 0.0193. The lowest BCUT2D eigenvalue weighted by molar-refractivity contribution is -0.104. The third-order valence-corrected chi connectivity index (χ3v) is 16.0. The first-order valence-electron chi connectivity index (χ1n) is 22.5. The molecule has 5 aliphatic heterocycles. The molecule has 32 unspecified atom stereocenters. The zero-order valence-corrected chi connectivity index (χ0v) is 34.9. The van der Waals surface area contributed by atoms with Crippen molar-refractivity contribution in [1.82, 2.24) is 42.5 Å². The summed E-state index contributed by atoms with van der Waals surface area (Å²) in [5, 5.41) is 22.0. The summed E-state index contributed by atoms with van der Waals surface area (Å²) in [6.45, 7) is 1.57. The van der Waals surface area contributed by atoms with Crippen LogP contribution in [-0.4, -0.2) is 161 Å². The monoisotopic (exact) mass is 986 g/mol. The van der Waals surface area contributed by atoms with Crippen LogP contribution in [0.3, 0.4) is 0 Å². The van der Waals surface area contributed by atoms with Crippen molar-refractivity contribution in [2.24, 2.45) is 47.3 Å². The van der Waals surface area contributed by atoms with E-state index in [1.165, 1.54) is 24.3 Å². The zero-order chi connectivity index (χ0) is 47.8. The van der Waals surface area contributed by atoms with Crippen LogP contribution in [0.5, 0.6) is 5.75 Å². The van der Waals surface area contributed by atoms with E-state index in [2.05, 4.69) is 42.5 Å². The molecule has 5 heterocycles. The van der Waals surface area contributed by atoms with E-state index in [1.54, 1.807) is 6.92 Å². The van der Waals surface area contributed by atoms with E-state index >= 15 is 65.9 Å². The quantitative estimate of drug-likeness (QED) is 0.168. The Bertz CT molecular complexity index is 1960. The first-order chi connectivity index (χ1) is 31.8. The van der Waals surface area contributed by atoms with Crippen molar-refractivity contribution < 1.29 is 80.1 Å². The van der Waals surface area contributed by atoms with Crippen molar-refractivity contribution >= 4 is 5.97 Å². The molecule has 0 aromatic heterocycles. The number of rotatable bonds is 4. The van der Waals surface area contributed by atoms with E-state index < -0.39 is 201 Å². The highest BCUT2D eigenvalue weighted by Gasteiger charge is 2.69. The van der Waals surface area contributed by atoms with Crippen molar-refractivity contribution in [3.8, 4) is 5.75 Å². The fourth-order valence-electron chi connectivity index (χ4n) is 13.0. The third kappa shape index (κ3) is 7.43. The van der Waals surface area contributed by atoms with Gasteiger partial charge in [-0.2, -0.15) is 0 Å². The van der Waals surface area contributed by atoms with Crippen molar-refractivity contribution in [2.45, 2.75) is 155 Å². The number of esters is 1. The van der Waals surface area contributed by atoms with Crippen LogP contribution in [0.1, 0.15) is 17.3 Å². The number of nitrogens with one attached hydrogen (secondary N) is 8. The minimum atomic E-state index is -3.08. The second-order valence-electron chi connectivity index (χ2n) is 19.3. The largest absolute Gasteiger partial charge is 0.487 e. The van der Waals surface area contributed by atoms with E-state index in [9.17, 15) is 4.79 Å². The second-order valence-corrected chi connectivity index (χ2v) is 19.3. The zero-order valence-electron chi connectivity index (χ0n) is 34.9. The Morgan fingerprint density at radius 2 is 0.612 bits per heavy atom. The van der Waals surface area contributed by atoms with Gasteiger partial charge in [-0.3, -0.25) is 42.5 Å². The molecular weight excluding hydrogens is 937 g/mol. The Morgan fingerprint density at radius 1 is 0.373 bits per heavy atom. The highest BCUT2D eigenvalue weighted by atomic mass is 19.2. The minimum Gasteiger partial charge on any atom is -0.487 e. The van der Waals surface area contributed by atoms with Gasteiger partial charge in [0, 0.05) is 47.3 Å². The summed E-state index contributed by atoms with van der Waals surface area (Å²) in [6.07, 6.45) is -59.8. The molecule has 26 heteroatoms. The molecule has 10 rings (SSSR count). The van der Waals surface area contributed by atoms with Gasteiger partial charge in [0.1, 0.15) is 55.1 Å². The summed E-state index contributed by atoms with van der Waals surface area (Å²) in [4.78, 5) is 12.3. The Morgan fingerprint density at radius 3 is 0.881 bits per heavy atom. The van der Waals surface area contributed by atoms with Gasteiger partial charge in [-0.1, -0.05) is 0 Å². The van der Waals surface area contributed by atoms with Crippen LogP contribution in [-0.2, 0) is 4.74 Å². The number of carbonyl (C=O) groups excluding carboxylic acids is 1. The summed E-state index contributed by atoms with van der Waals surface area (Å²) in [6, 6.07) is 4.85. The van der Waals surface area contributed by atoms with Crippen LogP contribution in [0.2, 0.25) is 0 Å². The fraction of sp³-hybridized carbons (Fsp3) is 0.829. The molecule has 11 nitrogen and oxygen atoms in total. The van der Waals surface area contributed by atoms with E-state index in [1.807, 2.05) is 0 Å². The summed E-state index contributed by atoms with van der Waals surface area (Å²) < 4.78 is 248. The Balaban J connectivity index is 1.07. The third-order valence-electron chi connectivity index (χ3n) is 16.0. The number of hydrogen-bond donors (Lipinski definition) is 8. The fourth-order valence-corrected chi connectivity index (χ4v) is 13.0. The van der Waals surface area contributed by atoms with E-state index in [0.29, 0.717) is 0 Å². The van der Waals surface area contributed by atoms with Crippen LogP contribution in [0.25, 0.3) is 0 Å². The van der Waals surface area contributed by atoms with Gasteiger partial charge in [-0.25, -0.2) is 70.7 Å². The number of fused-ring (bicyclic) bond motifs is 20. The van der Waals surface area contributed by atoms with Crippen LogP contribution in [0.15, 0.2) is 24.3 Å². The van der Waals surface area contributed by atoms with Crippen LogP contribution in [0, 0.1) is 47.3 Å². The first-order valence-corrected chi connectivity index (χ1v) is 22.5. The standard InChI is InChI=1S/C41H49F15N8O3/c1-2-66-41(65)7-3-5-8(6-4-7)67-32-16-15(23(48)30(55)31(32)56)39-62-37-12-11(19(44)26(51)27(52)20(12)45)35(60-37)58-33-9-10(18(43)25(50)24(49)17(9)42)34(57-33)59-36-13-14(38(61-36)63-40(16)64-39)22(47)29(54)28(53)21(13)46/h3-6,9-40,57-64H,2H2,1H3. The number of hydrogen-bond acceptors (Lipinski definition) is 11. The van der Waals surface area contributed by atoms with Gasteiger partial charge in [0.05, 0.1) is 61.5 Å². The molecule has 8 bridgehead atoms. The molecule has 1 aromatic rings. The molecule has 67 heavy (non-hydrogen) atoms. The average molecular weight is 987 g/mol. The van der Waals surface area contributed by atoms with Crippen molar-refractivity contribution in [3.05, 3.63) is 29.8 Å². The number of alkyl halides is 15. The van der Waals surface area contributed by atoms with Gasteiger partial charge in [0.2, 0.25) is 0 Å². The van der Waals surface area contributed by atoms with E-state index in [0.717, 1.165) is 0 Å². The number of carbonyl (C=O) groups is 1. The first kappa shape index (κ1) is 47.8. The van der Waals surface area contributed by atoms with E-state index in [4.69, 9.17) is 9.47 Å². The Hall–Kier alpha value is -2.88. The summed E-state index contributed by atoms with van der Waals surface area (Å²) in [7, 11) is 0. The maximum Gasteiger partial charge on any atom is 0.338 e. The lowest BCUT2D eigenvalue weighted by atomic mass is 9.72. The molecule has 1 aromatic carbocycles. The number of halogens is 15. The number of ether oxygens (including phenoxy) is 2. The highest BCUT2D eigenvalue weighted by molar-refractivity contribution is 5.89. The van der Waals surface area contributed by atoms with Crippen molar-refractivity contribution in [3.63, 3.8) is 0 Å². The smallest absolute Gasteiger partial charge is 0.338 e. The SMILES string of the molecule is CCOC(=O)c1ccc(OC2C(F)C(F)C(F)C3C4NC5NC(NC6NC(NC7NC(NC(N4)C23)C2C(F)C(F)C(F)C(F)C72)C2C(F)C(F)C(F)C(F)C62)C2C(F)C(F)C(F)C(F)C52)cc1. The molecule has 0 spiro atoms. The van der Waals surface area contributed by atoms with Crippen LogP contribution < -0.4 is 47.3 Å². The van der Waals surface area contributed by atoms with Gasteiger partial charge >= 0.3 is 5.97 Å². The molecule has 0 radical (unpaired) electrons. The lowest BCUT2D eigenvalue weighted by Gasteiger charge is -2.44. The second kappa shape index (κ2) is 17.8. The molecule has 0 amide bonds. The van der Waals surface area contributed by atoms with Gasteiger partial charge in [0.15, 0.2) is 49.4 Å². The predicted octanol–water partition coefficient (Wildman–Crippen LogP) is 3.06. The summed E-state index contributed by atoms with van der Waals surface area (Å²) >= 11 is 0. The van der Waals surface area contributed by atoms with Crippen molar-refractivity contribution in [1.29, 1.82) is 0 Å². The molecule has 9 fully saturated rings. The van der Waals surface area contributed by atoms with E-state index in [-0.39, 0.29) is 17.9 Å². The molecule has 376 valence electrons.